The van der Waals surface area contributed by atoms with Gasteiger partial charge >= 0.3 is 0 Å². The molecule has 5 heteroatoms. The first-order valence-corrected chi connectivity index (χ1v) is 7.33. The van der Waals surface area contributed by atoms with Crippen molar-refractivity contribution in [3.05, 3.63) is 28.0 Å². The summed E-state index contributed by atoms with van der Waals surface area (Å²) in [6, 6.07) is 5.75. The Morgan fingerprint density at radius 2 is 2.37 bits per heavy atom. The zero-order valence-electron chi connectivity index (χ0n) is 10.9. The molecule has 3 nitrogen and oxygen atoms in total. The van der Waals surface area contributed by atoms with Crippen LogP contribution in [0.15, 0.2) is 16.6 Å². The number of nitrogens with one attached hydrogen (secondary N) is 1. The van der Waals surface area contributed by atoms with E-state index in [-0.39, 0.29) is 10.3 Å². The maximum absolute atomic E-state index is 14.3. The Bertz CT molecular complexity index is 492. The molecule has 1 fully saturated rings. The fourth-order valence-corrected chi connectivity index (χ4v) is 2.87. The van der Waals surface area contributed by atoms with Gasteiger partial charge in [0, 0.05) is 19.1 Å². The third kappa shape index (κ3) is 3.07. The van der Waals surface area contributed by atoms with E-state index in [1.807, 2.05) is 17.9 Å². The minimum absolute atomic E-state index is 0.255. The summed E-state index contributed by atoms with van der Waals surface area (Å²) in [6.07, 6.45) is 2.32. The Hall–Kier alpha value is -1.12. The number of nitrogens with zero attached hydrogens (tertiary/aromatic N) is 2. The van der Waals surface area contributed by atoms with E-state index in [1.165, 1.54) is 6.42 Å². The molecule has 0 radical (unpaired) electrons. The smallest absolute Gasteiger partial charge is 0.161 e. The van der Waals surface area contributed by atoms with Gasteiger partial charge in [-0.3, -0.25) is 0 Å². The molecule has 2 rings (SSSR count). The van der Waals surface area contributed by atoms with Crippen molar-refractivity contribution in [2.45, 2.75) is 25.8 Å². The molecule has 0 aliphatic carbocycles. The predicted octanol–water partition coefficient (Wildman–Crippen LogP) is 3.04. The zero-order valence-corrected chi connectivity index (χ0v) is 12.5. The largest absolute Gasteiger partial charge is 0.368 e. The number of nitriles is 1. The highest BCUT2D eigenvalue weighted by Crippen LogP contribution is 2.29. The van der Waals surface area contributed by atoms with Crippen molar-refractivity contribution in [2.24, 2.45) is 0 Å². The summed E-state index contributed by atoms with van der Waals surface area (Å²) in [6.45, 7) is 4.60. The van der Waals surface area contributed by atoms with Crippen molar-refractivity contribution in [2.75, 3.05) is 24.5 Å². The van der Waals surface area contributed by atoms with E-state index in [9.17, 15) is 4.39 Å². The fourth-order valence-electron chi connectivity index (χ4n) is 2.45. The number of rotatable bonds is 4. The normalized spacial score (nSPS) is 18.3. The van der Waals surface area contributed by atoms with E-state index < -0.39 is 0 Å². The fraction of sp³-hybridized carbons (Fsp3) is 0.500. The second-order valence-electron chi connectivity index (χ2n) is 4.70. The molecule has 0 aromatic heterocycles. The quantitative estimate of drug-likeness (QED) is 0.924. The van der Waals surface area contributed by atoms with Crippen LogP contribution in [0.2, 0.25) is 0 Å². The number of likely N-dealkylation sites (N-methyl/N-ethyl adjacent to an activating group) is 1. The molecule has 1 atom stereocenters. The van der Waals surface area contributed by atoms with Crippen LogP contribution in [0.5, 0.6) is 0 Å². The van der Waals surface area contributed by atoms with Gasteiger partial charge in [0.2, 0.25) is 0 Å². The van der Waals surface area contributed by atoms with Gasteiger partial charge in [0.15, 0.2) is 5.82 Å². The Morgan fingerprint density at radius 3 is 2.95 bits per heavy atom. The van der Waals surface area contributed by atoms with Gasteiger partial charge in [0.25, 0.3) is 0 Å². The number of anilines is 1. The van der Waals surface area contributed by atoms with Crippen LogP contribution in [0, 0.1) is 17.1 Å². The molecule has 1 aromatic rings. The third-order valence-electron chi connectivity index (χ3n) is 3.51. The lowest BCUT2D eigenvalue weighted by Crippen LogP contribution is -2.38. The summed E-state index contributed by atoms with van der Waals surface area (Å²) in [5.41, 5.74) is 0.887. The number of halogens is 2. The highest BCUT2D eigenvalue weighted by atomic mass is 79.9. The summed E-state index contributed by atoms with van der Waals surface area (Å²) in [5.74, 6) is -0.348. The highest BCUT2D eigenvalue weighted by Gasteiger charge is 2.20. The van der Waals surface area contributed by atoms with Gasteiger partial charge in [-0.25, -0.2) is 4.39 Å². The molecule has 1 unspecified atom stereocenters. The van der Waals surface area contributed by atoms with Gasteiger partial charge in [0.1, 0.15) is 6.07 Å². The minimum Gasteiger partial charge on any atom is -0.368 e. The SMILES string of the molecule is CCN(CC1CCCN1)c1ccc(C#N)c(Br)c1F. The molecule has 1 heterocycles. The lowest BCUT2D eigenvalue weighted by Gasteiger charge is -2.27. The molecule has 1 aliphatic rings. The van der Waals surface area contributed by atoms with E-state index in [2.05, 4.69) is 21.2 Å². The summed E-state index contributed by atoms with van der Waals surface area (Å²) >= 11 is 3.16. The molecule has 1 aliphatic heterocycles. The number of hydrogen-bond donors (Lipinski definition) is 1. The maximum Gasteiger partial charge on any atom is 0.161 e. The Morgan fingerprint density at radius 1 is 1.58 bits per heavy atom. The van der Waals surface area contributed by atoms with E-state index in [0.29, 0.717) is 17.3 Å². The monoisotopic (exact) mass is 325 g/mol. The second-order valence-corrected chi connectivity index (χ2v) is 5.50. The number of benzene rings is 1. The van der Waals surface area contributed by atoms with Gasteiger partial charge in [-0.15, -0.1) is 0 Å². The van der Waals surface area contributed by atoms with Crippen molar-refractivity contribution in [3.63, 3.8) is 0 Å². The molecule has 0 amide bonds. The lowest BCUT2D eigenvalue weighted by atomic mass is 10.1. The molecular weight excluding hydrogens is 309 g/mol. The molecule has 1 N–H and O–H groups in total. The molecule has 0 saturated carbocycles. The van der Waals surface area contributed by atoms with E-state index in [0.717, 1.165) is 26.1 Å². The van der Waals surface area contributed by atoms with Crippen molar-refractivity contribution >= 4 is 21.6 Å². The van der Waals surface area contributed by atoms with Crippen LogP contribution >= 0.6 is 15.9 Å². The van der Waals surface area contributed by atoms with Crippen LogP contribution in [0.25, 0.3) is 0 Å². The van der Waals surface area contributed by atoms with E-state index in [4.69, 9.17) is 5.26 Å². The molecule has 0 bridgehead atoms. The molecule has 1 saturated heterocycles. The summed E-state index contributed by atoms with van der Waals surface area (Å²) < 4.78 is 14.6. The zero-order chi connectivity index (χ0) is 13.8. The molecule has 0 spiro atoms. The van der Waals surface area contributed by atoms with Gasteiger partial charge in [-0.2, -0.15) is 5.26 Å². The van der Waals surface area contributed by atoms with Crippen LogP contribution in [0.3, 0.4) is 0 Å². The minimum atomic E-state index is -0.348. The van der Waals surface area contributed by atoms with E-state index in [1.54, 1.807) is 12.1 Å². The van der Waals surface area contributed by atoms with Crippen molar-refractivity contribution in [1.29, 1.82) is 5.26 Å². The first-order chi connectivity index (χ1) is 9.17. The predicted molar refractivity (Wildman–Crippen MR) is 77.7 cm³/mol. The van der Waals surface area contributed by atoms with Crippen molar-refractivity contribution in [1.82, 2.24) is 5.32 Å². The van der Waals surface area contributed by atoms with Crippen LogP contribution < -0.4 is 10.2 Å². The van der Waals surface area contributed by atoms with Crippen molar-refractivity contribution < 1.29 is 4.39 Å². The Balaban J connectivity index is 2.23. The van der Waals surface area contributed by atoms with Crippen LogP contribution in [-0.2, 0) is 0 Å². The standard InChI is InChI=1S/C14H17BrFN3/c1-2-19(9-11-4-3-7-18-11)12-6-5-10(8-17)13(15)14(12)16/h5-6,11,18H,2-4,7,9H2,1H3. The topological polar surface area (TPSA) is 39.1 Å². The second kappa shape index (κ2) is 6.36. The van der Waals surface area contributed by atoms with Gasteiger partial charge in [-0.1, -0.05) is 0 Å². The first kappa shape index (κ1) is 14.3. The average Bonchev–Trinajstić information content (AvgIpc) is 2.92. The third-order valence-corrected chi connectivity index (χ3v) is 4.28. The molecule has 102 valence electrons. The van der Waals surface area contributed by atoms with E-state index >= 15 is 0 Å². The maximum atomic E-state index is 14.3. The van der Waals surface area contributed by atoms with Crippen LogP contribution in [0.1, 0.15) is 25.3 Å². The van der Waals surface area contributed by atoms with Gasteiger partial charge < -0.3 is 10.2 Å². The summed E-state index contributed by atoms with van der Waals surface area (Å²) in [5, 5.41) is 12.3. The van der Waals surface area contributed by atoms with Crippen LogP contribution in [-0.4, -0.2) is 25.7 Å². The summed E-state index contributed by atoms with van der Waals surface area (Å²) in [7, 11) is 0. The molecule has 1 aromatic carbocycles. The highest BCUT2D eigenvalue weighted by molar-refractivity contribution is 9.10. The Labute approximate surface area is 121 Å². The first-order valence-electron chi connectivity index (χ1n) is 6.53. The average molecular weight is 326 g/mol. The summed E-state index contributed by atoms with van der Waals surface area (Å²) in [4.78, 5) is 2.02. The molecular formula is C14H17BrFN3. The van der Waals surface area contributed by atoms with Gasteiger partial charge in [0.05, 0.1) is 15.7 Å². The van der Waals surface area contributed by atoms with Gasteiger partial charge in [-0.05, 0) is 54.4 Å². The number of hydrogen-bond acceptors (Lipinski definition) is 3. The van der Waals surface area contributed by atoms with Crippen LogP contribution in [0.4, 0.5) is 10.1 Å². The lowest BCUT2D eigenvalue weighted by molar-refractivity contribution is 0.568. The van der Waals surface area contributed by atoms with Crippen molar-refractivity contribution in [3.8, 4) is 6.07 Å². The Kier molecular flexibility index (Phi) is 4.78. The molecule has 19 heavy (non-hydrogen) atoms.